The van der Waals surface area contributed by atoms with Crippen molar-refractivity contribution in [3.05, 3.63) is 29.9 Å². The summed E-state index contributed by atoms with van der Waals surface area (Å²) >= 11 is 0. The van der Waals surface area contributed by atoms with Gasteiger partial charge in [-0.1, -0.05) is 0 Å². The molecule has 0 aliphatic heterocycles. The van der Waals surface area contributed by atoms with E-state index in [1.807, 2.05) is 0 Å². The summed E-state index contributed by atoms with van der Waals surface area (Å²) in [6, 6.07) is 4.43. The van der Waals surface area contributed by atoms with E-state index in [1.54, 1.807) is 6.07 Å². The summed E-state index contributed by atoms with van der Waals surface area (Å²) in [7, 11) is 0. The Morgan fingerprint density at radius 2 is 2.23 bits per heavy atom. The Kier molecular flexibility index (Phi) is 1.26. The van der Waals surface area contributed by atoms with Gasteiger partial charge in [0.25, 0.3) is 0 Å². The van der Waals surface area contributed by atoms with Crippen LogP contribution >= 0.6 is 0 Å². The first-order valence-corrected chi connectivity index (χ1v) is 4.39. The van der Waals surface area contributed by atoms with Crippen molar-refractivity contribution >= 4 is 11.1 Å². The molecule has 1 aromatic carbocycles. The van der Waals surface area contributed by atoms with Gasteiger partial charge in [0.05, 0.1) is 0 Å². The molecule has 66 valence electrons. The average molecular weight is 177 g/mol. The molecule has 1 fully saturated rings. The normalized spacial score (nSPS) is 16.7. The van der Waals surface area contributed by atoms with Gasteiger partial charge in [-0.3, -0.25) is 0 Å². The molecule has 2 aromatic rings. The van der Waals surface area contributed by atoms with Crippen LogP contribution in [0, 0.1) is 5.82 Å². The number of fused-ring (bicyclic) bond motifs is 1. The van der Waals surface area contributed by atoms with Gasteiger partial charge in [0.15, 0.2) is 11.5 Å². The van der Waals surface area contributed by atoms with E-state index in [-0.39, 0.29) is 5.82 Å². The summed E-state index contributed by atoms with van der Waals surface area (Å²) in [6.45, 7) is 0. The summed E-state index contributed by atoms with van der Waals surface area (Å²) in [5.74, 6) is 0.985. The number of halogens is 1. The zero-order chi connectivity index (χ0) is 8.84. The minimum atomic E-state index is -0.261. The summed E-state index contributed by atoms with van der Waals surface area (Å²) in [5.41, 5.74) is 1.31. The van der Waals surface area contributed by atoms with Gasteiger partial charge in [-0.15, -0.1) is 0 Å². The lowest BCUT2D eigenvalue weighted by Crippen LogP contribution is -1.76. The molecule has 0 radical (unpaired) electrons. The fourth-order valence-corrected chi connectivity index (χ4v) is 1.42. The molecule has 0 saturated heterocycles. The Morgan fingerprint density at radius 1 is 1.38 bits per heavy atom. The molecule has 3 heteroatoms. The highest BCUT2D eigenvalue weighted by atomic mass is 19.1. The highest BCUT2D eigenvalue weighted by Gasteiger charge is 2.28. The molecule has 0 bridgehead atoms. The van der Waals surface area contributed by atoms with Crippen LogP contribution in [0.4, 0.5) is 4.39 Å². The molecule has 1 heterocycles. The third-order valence-electron chi connectivity index (χ3n) is 2.29. The molecule has 0 amide bonds. The van der Waals surface area contributed by atoms with Crippen LogP contribution in [0.1, 0.15) is 24.7 Å². The number of oxazole rings is 1. The van der Waals surface area contributed by atoms with Crippen molar-refractivity contribution in [1.82, 2.24) is 4.98 Å². The lowest BCUT2D eigenvalue weighted by atomic mass is 10.3. The van der Waals surface area contributed by atoms with E-state index in [2.05, 4.69) is 4.98 Å². The molecule has 1 aromatic heterocycles. The third kappa shape index (κ3) is 1.11. The first-order valence-electron chi connectivity index (χ1n) is 4.39. The quantitative estimate of drug-likeness (QED) is 0.669. The van der Waals surface area contributed by atoms with E-state index in [0.717, 1.165) is 18.7 Å². The van der Waals surface area contributed by atoms with Gasteiger partial charge in [-0.2, -0.15) is 0 Å². The molecule has 2 nitrogen and oxygen atoms in total. The molecule has 13 heavy (non-hydrogen) atoms. The molecule has 0 unspecified atom stereocenters. The summed E-state index contributed by atoms with van der Waals surface area (Å²) in [5, 5.41) is 0. The van der Waals surface area contributed by atoms with Crippen molar-refractivity contribution in [1.29, 1.82) is 0 Å². The fraction of sp³-hybridized carbons (Fsp3) is 0.300. The zero-order valence-corrected chi connectivity index (χ0v) is 6.96. The molecule has 0 spiro atoms. The topological polar surface area (TPSA) is 26.0 Å². The highest BCUT2D eigenvalue weighted by molar-refractivity contribution is 5.72. The van der Waals surface area contributed by atoms with Gasteiger partial charge in [0, 0.05) is 12.0 Å². The van der Waals surface area contributed by atoms with Crippen LogP contribution in [0.15, 0.2) is 22.6 Å². The highest BCUT2D eigenvalue weighted by Crippen LogP contribution is 2.40. The minimum Gasteiger partial charge on any atom is -0.440 e. The Balaban J connectivity index is 2.20. The SMILES string of the molecule is Fc1ccc2oc(C3CC3)nc2c1. The summed E-state index contributed by atoms with van der Waals surface area (Å²) in [6.07, 6.45) is 2.30. The predicted octanol–water partition coefficient (Wildman–Crippen LogP) is 2.84. The Bertz CT molecular complexity index is 459. The van der Waals surface area contributed by atoms with Gasteiger partial charge < -0.3 is 4.42 Å². The minimum absolute atomic E-state index is 0.261. The van der Waals surface area contributed by atoms with E-state index in [1.165, 1.54) is 12.1 Å². The molecule has 3 rings (SSSR count). The van der Waals surface area contributed by atoms with Crippen LogP contribution in [0.2, 0.25) is 0 Å². The monoisotopic (exact) mass is 177 g/mol. The van der Waals surface area contributed by atoms with E-state index >= 15 is 0 Å². The lowest BCUT2D eigenvalue weighted by molar-refractivity contribution is 0.532. The van der Waals surface area contributed by atoms with Crippen molar-refractivity contribution in [2.24, 2.45) is 0 Å². The van der Waals surface area contributed by atoms with Gasteiger partial charge in [-0.25, -0.2) is 9.37 Å². The van der Waals surface area contributed by atoms with Gasteiger partial charge >= 0.3 is 0 Å². The largest absolute Gasteiger partial charge is 0.440 e. The smallest absolute Gasteiger partial charge is 0.198 e. The number of hydrogen-bond donors (Lipinski definition) is 0. The summed E-state index contributed by atoms with van der Waals surface area (Å²) < 4.78 is 18.3. The van der Waals surface area contributed by atoms with Crippen molar-refractivity contribution < 1.29 is 8.81 Å². The van der Waals surface area contributed by atoms with Crippen LogP contribution in [-0.2, 0) is 0 Å². The van der Waals surface area contributed by atoms with Gasteiger partial charge in [-0.05, 0) is 25.0 Å². The Morgan fingerprint density at radius 3 is 3.00 bits per heavy atom. The van der Waals surface area contributed by atoms with E-state index in [4.69, 9.17) is 4.42 Å². The van der Waals surface area contributed by atoms with Crippen molar-refractivity contribution in [2.45, 2.75) is 18.8 Å². The van der Waals surface area contributed by atoms with Crippen LogP contribution in [0.5, 0.6) is 0 Å². The first-order chi connectivity index (χ1) is 6.33. The lowest BCUT2D eigenvalue weighted by Gasteiger charge is -1.84. The van der Waals surface area contributed by atoms with Crippen molar-refractivity contribution in [3.63, 3.8) is 0 Å². The van der Waals surface area contributed by atoms with Crippen LogP contribution in [0.25, 0.3) is 11.1 Å². The molecule has 0 N–H and O–H groups in total. The molecule has 0 atom stereocenters. The number of benzene rings is 1. The second-order valence-corrected chi connectivity index (χ2v) is 3.44. The maximum Gasteiger partial charge on any atom is 0.198 e. The van der Waals surface area contributed by atoms with Crippen LogP contribution < -0.4 is 0 Å². The molecule has 1 saturated carbocycles. The third-order valence-corrected chi connectivity index (χ3v) is 2.29. The molecule has 1 aliphatic rings. The van der Waals surface area contributed by atoms with Crippen LogP contribution in [0.3, 0.4) is 0 Å². The Labute approximate surface area is 74.4 Å². The number of aromatic nitrogens is 1. The second kappa shape index (κ2) is 2.31. The number of nitrogens with zero attached hydrogens (tertiary/aromatic N) is 1. The van der Waals surface area contributed by atoms with Crippen molar-refractivity contribution in [3.8, 4) is 0 Å². The first kappa shape index (κ1) is 7.06. The summed E-state index contributed by atoms with van der Waals surface area (Å²) in [4.78, 5) is 4.23. The van der Waals surface area contributed by atoms with Crippen LogP contribution in [-0.4, -0.2) is 4.98 Å². The standard InChI is InChI=1S/C10H8FNO/c11-7-3-4-9-8(5-7)12-10(13-9)6-1-2-6/h3-6H,1-2H2. The zero-order valence-electron chi connectivity index (χ0n) is 6.96. The fourth-order valence-electron chi connectivity index (χ4n) is 1.42. The second-order valence-electron chi connectivity index (χ2n) is 3.44. The maximum absolute atomic E-state index is 12.8. The van der Waals surface area contributed by atoms with E-state index in [0.29, 0.717) is 17.0 Å². The molecular formula is C10H8FNO. The van der Waals surface area contributed by atoms with E-state index < -0.39 is 0 Å². The number of rotatable bonds is 1. The predicted molar refractivity (Wildman–Crippen MR) is 45.9 cm³/mol. The van der Waals surface area contributed by atoms with E-state index in [9.17, 15) is 4.39 Å². The van der Waals surface area contributed by atoms with Crippen molar-refractivity contribution in [2.75, 3.05) is 0 Å². The number of hydrogen-bond acceptors (Lipinski definition) is 2. The molecule has 1 aliphatic carbocycles. The average Bonchev–Trinajstić information content (AvgIpc) is 2.87. The van der Waals surface area contributed by atoms with Gasteiger partial charge in [0.1, 0.15) is 11.3 Å². The van der Waals surface area contributed by atoms with Gasteiger partial charge in [0.2, 0.25) is 0 Å². The maximum atomic E-state index is 12.8. The molecular weight excluding hydrogens is 169 g/mol. The Hall–Kier alpha value is -1.38.